The van der Waals surface area contributed by atoms with Crippen LogP contribution in [-0.2, 0) is 4.79 Å². The Morgan fingerprint density at radius 1 is 1.38 bits per heavy atom. The van der Waals surface area contributed by atoms with Crippen LogP contribution < -0.4 is 5.32 Å². The predicted molar refractivity (Wildman–Crippen MR) is 62.4 cm³/mol. The molecule has 16 heavy (non-hydrogen) atoms. The Labute approximate surface area is 97.0 Å². The third-order valence-electron chi connectivity index (χ3n) is 4.02. The summed E-state index contributed by atoms with van der Waals surface area (Å²) in [5.74, 6) is -0.347. The molecule has 1 aliphatic heterocycles. The number of carboxylic acid groups (broad SMARTS) is 1. The van der Waals surface area contributed by atoms with Gasteiger partial charge in [0.1, 0.15) is 5.54 Å². The molecule has 1 heterocycles. The van der Waals surface area contributed by atoms with Crippen LogP contribution in [0.2, 0.25) is 0 Å². The van der Waals surface area contributed by atoms with Crippen LogP contribution in [0.5, 0.6) is 0 Å². The number of nitrogens with zero attached hydrogens (tertiary/aromatic N) is 1. The van der Waals surface area contributed by atoms with E-state index in [0.29, 0.717) is 12.5 Å². The molecule has 92 valence electrons. The van der Waals surface area contributed by atoms with E-state index < -0.39 is 11.5 Å². The number of hydrogen-bond acceptors (Lipinski definition) is 3. The van der Waals surface area contributed by atoms with E-state index in [1.54, 1.807) is 7.05 Å². The molecule has 4 nitrogen and oxygen atoms in total. The van der Waals surface area contributed by atoms with Crippen molar-refractivity contribution in [1.29, 1.82) is 0 Å². The van der Waals surface area contributed by atoms with E-state index in [-0.39, 0.29) is 0 Å². The highest BCUT2D eigenvalue weighted by Crippen LogP contribution is 2.40. The molecule has 2 aliphatic rings. The van der Waals surface area contributed by atoms with Crippen LogP contribution in [0.4, 0.5) is 0 Å². The average molecular weight is 226 g/mol. The van der Waals surface area contributed by atoms with Crippen molar-refractivity contribution in [3.8, 4) is 0 Å². The Kier molecular flexibility index (Phi) is 3.50. The lowest BCUT2D eigenvalue weighted by Crippen LogP contribution is -2.60. The van der Waals surface area contributed by atoms with E-state index in [1.165, 1.54) is 19.3 Å². The fourth-order valence-corrected chi connectivity index (χ4v) is 2.81. The number of aliphatic carboxylic acids is 1. The van der Waals surface area contributed by atoms with Crippen LogP contribution in [0, 0.1) is 5.92 Å². The predicted octanol–water partition coefficient (Wildman–Crippen LogP) is 0.925. The van der Waals surface area contributed by atoms with Crippen LogP contribution >= 0.6 is 0 Å². The molecular formula is C12H22N2O2. The molecule has 2 N–H and O–H groups in total. The normalized spacial score (nSPS) is 26.3. The highest BCUT2D eigenvalue weighted by molar-refractivity contribution is 5.80. The second kappa shape index (κ2) is 4.72. The fraction of sp³-hybridized carbons (Fsp3) is 0.917. The Morgan fingerprint density at radius 3 is 2.44 bits per heavy atom. The van der Waals surface area contributed by atoms with Crippen molar-refractivity contribution in [2.24, 2.45) is 5.92 Å². The lowest BCUT2D eigenvalue weighted by molar-refractivity contribution is -0.146. The van der Waals surface area contributed by atoms with Gasteiger partial charge >= 0.3 is 5.97 Å². The molecule has 2 rings (SSSR count). The third kappa shape index (κ3) is 2.23. The number of rotatable bonds is 5. The minimum Gasteiger partial charge on any atom is -0.480 e. The van der Waals surface area contributed by atoms with Crippen molar-refractivity contribution in [3.63, 3.8) is 0 Å². The fourth-order valence-electron chi connectivity index (χ4n) is 2.81. The summed E-state index contributed by atoms with van der Waals surface area (Å²) in [7, 11) is 1.79. The SMILES string of the molecule is CNC(CN1CCCCC1)(C(=O)O)C1CC1. The molecule has 0 aromatic rings. The molecule has 2 fully saturated rings. The van der Waals surface area contributed by atoms with Gasteiger partial charge in [0.05, 0.1) is 0 Å². The molecular weight excluding hydrogens is 204 g/mol. The smallest absolute Gasteiger partial charge is 0.325 e. The Bertz CT molecular complexity index is 260. The summed E-state index contributed by atoms with van der Waals surface area (Å²) in [6.45, 7) is 2.79. The first-order valence-corrected chi connectivity index (χ1v) is 6.34. The summed E-state index contributed by atoms with van der Waals surface area (Å²) >= 11 is 0. The third-order valence-corrected chi connectivity index (χ3v) is 4.02. The largest absolute Gasteiger partial charge is 0.480 e. The van der Waals surface area contributed by atoms with Crippen LogP contribution in [0.1, 0.15) is 32.1 Å². The van der Waals surface area contributed by atoms with Crippen molar-refractivity contribution in [1.82, 2.24) is 10.2 Å². The maximum absolute atomic E-state index is 11.5. The van der Waals surface area contributed by atoms with Gasteiger partial charge in [0.2, 0.25) is 0 Å². The van der Waals surface area contributed by atoms with Gasteiger partial charge in [-0.1, -0.05) is 6.42 Å². The van der Waals surface area contributed by atoms with Crippen molar-refractivity contribution < 1.29 is 9.90 Å². The molecule has 0 aromatic carbocycles. The lowest BCUT2D eigenvalue weighted by Gasteiger charge is -2.37. The van der Waals surface area contributed by atoms with E-state index in [0.717, 1.165) is 25.9 Å². The standard InChI is InChI=1S/C12H22N2O2/c1-13-12(11(15)16,10-5-6-10)9-14-7-3-2-4-8-14/h10,13H,2-9H2,1H3,(H,15,16). The molecule has 0 amide bonds. The number of likely N-dealkylation sites (N-methyl/N-ethyl adjacent to an activating group) is 1. The molecule has 0 aromatic heterocycles. The lowest BCUT2D eigenvalue weighted by atomic mass is 9.91. The number of carboxylic acids is 1. The van der Waals surface area contributed by atoms with Crippen molar-refractivity contribution in [2.45, 2.75) is 37.6 Å². The molecule has 1 saturated carbocycles. The monoisotopic (exact) mass is 226 g/mol. The average Bonchev–Trinajstić information content (AvgIpc) is 3.11. The van der Waals surface area contributed by atoms with E-state index >= 15 is 0 Å². The van der Waals surface area contributed by atoms with Crippen molar-refractivity contribution in [2.75, 3.05) is 26.7 Å². The summed E-state index contributed by atoms with van der Waals surface area (Å²) in [6, 6.07) is 0. The second-order valence-corrected chi connectivity index (χ2v) is 5.14. The highest BCUT2D eigenvalue weighted by Gasteiger charge is 2.51. The van der Waals surface area contributed by atoms with Gasteiger partial charge < -0.3 is 15.3 Å². The van der Waals surface area contributed by atoms with Gasteiger partial charge in [-0.2, -0.15) is 0 Å². The summed E-state index contributed by atoms with van der Waals surface area (Å²) in [6.07, 6.45) is 5.83. The van der Waals surface area contributed by atoms with Gasteiger partial charge in [-0.25, -0.2) is 0 Å². The zero-order valence-electron chi connectivity index (χ0n) is 10.0. The topological polar surface area (TPSA) is 52.6 Å². The highest BCUT2D eigenvalue weighted by atomic mass is 16.4. The zero-order valence-corrected chi connectivity index (χ0v) is 10.0. The minimum atomic E-state index is -0.697. The van der Waals surface area contributed by atoms with Crippen molar-refractivity contribution >= 4 is 5.97 Å². The van der Waals surface area contributed by atoms with Crippen LogP contribution in [0.25, 0.3) is 0 Å². The van der Waals surface area contributed by atoms with E-state index in [2.05, 4.69) is 10.2 Å². The zero-order chi connectivity index (χ0) is 11.6. The number of hydrogen-bond donors (Lipinski definition) is 2. The first kappa shape index (κ1) is 11.9. The second-order valence-electron chi connectivity index (χ2n) is 5.14. The first-order chi connectivity index (χ1) is 7.69. The number of piperidine rings is 1. The molecule has 0 spiro atoms. The maximum atomic E-state index is 11.5. The van der Waals surface area contributed by atoms with Crippen molar-refractivity contribution in [3.05, 3.63) is 0 Å². The van der Waals surface area contributed by atoms with Crippen LogP contribution in [0.3, 0.4) is 0 Å². The molecule has 0 bridgehead atoms. The summed E-state index contributed by atoms with van der Waals surface area (Å²) in [5, 5.41) is 12.6. The molecule has 0 radical (unpaired) electrons. The number of carbonyl (C=O) groups is 1. The van der Waals surface area contributed by atoms with Crippen LogP contribution in [0.15, 0.2) is 0 Å². The molecule has 1 saturated heterocycles. The summed E-state index contributed by atoms with van der Waals surface area (Å²) < 4.78 is 0. The number of nitrogens with one attached hydrogen (secondary N) is 1. The Morgan fingerprint density at radius 2 is 2.00 bits per heavy atom. The van der Waals surface area contributed by atoms with Gasteiger partial charge in [-0.15, -0.1) is 0 Å². The molecule has 1 atom stereocenters. The molecule has 4 heteroatoms. The van der Waals surface area contributed by atoms with E-state index in [9.17, 15) is 9.90 Å². The van der Waals surface area contributed by atoms with Gasteiger partial charge in [-0.3, -0.25) is 4.79 Å². The van der Waals surface area contributed by atoms with E-state index in [4.69, 9.17) is 0 Å². The van der Waals surface area contributed by atoms with Gasteiger partial charge in [0.25, 0.3) is 0 Å². The van der Waals surface area contributed by atoms with Gasteiger partial charge in [0, 0.05) is 6.54 Å². The number of likely N-dealkylation sites (tertiary alicyclic amines) is 1. The quantitative estimate of drug-likeness (QED) is 0.732. The van der Waals surface area contributed by atoms with Crippen LogP contribution in [-0.4, -0.2) is 48.2 Å². The Balaban J connectivity index is 2.03. The van der Waals surface area contributed by atoms with Gasteiger partial charge in [-0.05, 0) is 51.7 Å². The Hall–Kier alpha value is -0.610. The molecule has 1 unspecified atom stereocenters. The summed E-state index contributed by atoms with van der Waals surface area (Å²) in [5.41, 5.74) is -0.697. The van der Waals surface area contributed by atoms with Gasteiger partial charge in [0.15, 0.2) is 0 Å². The van der Waals surface area contributed by atoms with E-state index in [1.807, 2.05) is 0 Å². The first-order valence-electron chi connectivity index (χ1n) is 6.34. The molecule has 1 aliphatic carbocycles. The summed E-state index contributed by atoms with van der Waals surface area (Å²) in [4.78, 5) is 13.8. The maximum Gasteiger partial charge on any atom is 0.325 e. The minimum absolute atomic E-state index is 0.330.